The van der Waals surface area contributed by atoms with Gasteiger partial charge in [-0.2, -0.15) is 0 Å². The quantitative estimate of drug-likeness (QED) is 0.453. The number of hydrogen-bond donors (Lipinski definition) is 1. The number of Topliss-reactive ketones (excluding diaryl/α,β-unsaturated/α-hetero) is 1. The molecule has 0 bridgehead atoms. The second-order valence-corrected chi connectivity index (χ2v) is 7.09. The highest BCUT2D eigenvalue weighted by Gasteiger charge is 2.47. The lowest BCUT2D eigenvalue weighted by atomic mass is 9.99. The molecule has 0 spiro atoms. The molecule has 0 radical (unpaired) electrons. The van der Waals surface area contributed by atoms with Gasteiger partial charge < -0.3 is 24.1 Å². The van der Waals surface area contributed by atoms with Gasteiger partial charge in [0.2, 0.25) is 0 Å². The zero-order valence-corrected chi connectivity index (χ0v) is 16.6. The molecule has 1 aromatic heterocycles. The van der Waals surface area contributed by atoms with Crippen molar-refractivity contribution in [1.82, 2.24) is 9.80 Å². The van der Waals surface area contributed by atoms with Crippen molar-refractivity contribution in [1.29, 1.82) is 0 Å². The third-order valence-electron chi connectivity index (χ3n) is 4.56. The lowest BCUT2D eigenvalue weighted by molar-refractivity contribution is -0.140. The molecular weight excluding hydrogens is 384 g/mol. The zero-order chi connectivity index (χ0) is 20.4. The molecule has 8 heteroatoms. The molecule has 1 fully saturated rings. The van der Waals surface area contributed by atoms with Crippen molar-refractivity contribution in [3.8, 4) is 5.75 Å². The summed E-state index contributed by atoms with van der Waals surface area (Å²) in [6.07, 6.45) is 1.46. The van der Waals surface area contributed by atoms with Crippen LogP contribution in [-0.4, -0.2) is 60.9 Å². The topological polar surface area (TPSA) is 83.2 Å². The fraction of sp³-hybridized carbons (Fsp3) is 0.300. The maximum atomic E-state index is 12.8. The summed E-state index contributed by atoms with van der Waals surface area (Å²) >= 11 is 6.06. The van der Waals surface area contributed by atoms with E-state index >= 15 is 0 Å². The van der Waals surface area contributed by atoms with Gasteiger partial charge >= 0.3 is 0 Å². The van der Waals surface area contributed by atoms with Crippen molar-refractivity contribution in [3.63, 3.8) is 0 Å². The van der Waals surface area contributed by atoms with E-state index in [0.717, 1.165) is 0 Å². The Bertz CT molecular complexity index is 921. The Labute approximate surface area is 167 Å². The third-order valence-corrected chi connectivity index (χ3v) is 4.79. The van der Waals surface area contributed by atoms with Gasteiger partial charge in [-0.25, -0.2) is 0 Å². The van der Waals surface area contributed by atoms with Crippen LogP contribution in [0.3, 0.4) is 0 Å². The van der Waals surface area contributed by atoms with Crippen molar-refractivity contribution in [2.24, 2.45) is 0 Å². The lowest BCUT2D eigenvalue weighted by Crippen LogP contribution is -2.35. The highest BCUT2D eigenvalue weighted by Crippen LogP contribution is 2.41. The maximum absolute atomic E-state index is 12.8. The first-order valence-electron chi connectivity index (χ1n) is 8.65. The summed E-state index contributed by atoms with van der Waals surface area (Å²) < 4.78 is 10.8. The molecule has 1 aliphatic heterocycles. The fourth-order valence-corrected chi connectivity index (χ4v) is 3.34. The van der Waals surface area contributed by atoms with Gasteiger partial charge in [0.1, 0.15) is 23.3 Å². The second kappa shape index (κ2) is 8.08. The van der Waals surface area contributed by atoms with Crippen LogP contribution in [0.25, 0.3) is 5.76 Å². The Morgan fingerprint density at radius 2 is 2.07 bits per heavy atom. The minimum atomic E-state index is -0.835. The van der Waals surface area contributed by atoms with Crippen LogP contribution in [0.2, 0.25) is 5.02 Å². The molecule has 1 aliphatic rings. The normalized spacial score (nSPS) is 18.9. The van der Waals surface area contributed by atoms with E-state index in [9.17, 15) is 14.7 Å². The highest BCUT2D eigenvalue weighted by atomic mass is 35.5. The van der Waals surface area contributed by atoms with Crippen LogP contribution in [0.1, 0.15) is 17.4 Å². The number of ether oxygens (including phenoxy) is 1. The molecular formula is C20H21ClN2O5. The lowest BCUT2D eigenvalue weighted by Gasteiger charge is -2.24. The number of aliphatic hydroxyl groups is 1. The average molecular weight is 405 g/mol. The highest BCUT2D eigenvalue weighted by molar-refractivity contribution is 6.46. The number of ketones is 1. The van der Waals surface area contributed by atoms with Crippen LogP contribution in [0.15, 0.2) is 46.6 Å². The van der Waals surface area contributed by atoms with Crippen LogP contribution in [0, 0.1) is 0 Å². The van der Waals surface area contributed by atoms with Crippen LogP contribution >= 0.6 is 11.6 Å². The van der Waals surface area contributed by atoms with Crippen molar-refractivity contribution in [3.05, 3.63) is 58.5 Å². The van der Waals surface area contributed by atoms with Crippen molar-refractivity contribution < 1.29 is 23.8 Å². The van der Waals surface area contributed by atoms with Crippen molar-refractivity contribution >= 4 is 29.1 Å². The number of nitrogens with zero attached hydrogens (tertiary/aromatic N) is 2. The Kier molecular flexibility index (Phi) is 5.76. The largest absolute Gasteiger partial charge is 0.507 e. The Morgan fingerprint density at radius 3 is 2.68 bits per heavy atom. The van der Waals surface area contributed by atoms with Gasteiger partial charge in [0.05, 0.1) is 24.5 Å². The van der Waals surface area contributed by atoms with Gasteiger partial charge in [0.15, 0.2) is 0 Å². The monoisotopic (exact) mass is 404 g/mol. The summed E-state index contributed by atoms with van der Waals surface area (Å²) in [5, 5.41) is 11.4. The number of halogens is 1. The summed E-state index contributed by atoms with van der Waals surface area (Å²) in [6, 6.07) is 7.18. The minimum absolute atomic E-state index is 0.0562. The number of likely N-dealkylation sites (tertiary alicyclic amines) is 1. The molecule has 1 atom stereocenters. The molecule has 3 rings (SSSR count). The van der Waals surface area contributed by atoms with Crippen molar-refractivity contribution in [2.75, 3.05) is 34.3 Å². The van der Waals surface area contributed by atoms with Gasteiger partial charge in [-0.05, 0) is 44.4 Å². The standard InChI is InChI=1S/C20H21ClN2O5/c1-22(2)8-9-23-17(15-5-4-10-28-15)16(19(25)20(23)26)18(24)13-11-12(21)6-7-14(13)27-3/h4-7,10-11,17,24H,8-9H2,1-3H3/t17-/m1/s1. The predicted molar refractivity (Wildman–Crippen MR) is 104 cm³/mol. The van der Waals surface area contributed by atoms with E-state index in [2.05, 4.69) is 0 Å². The van der Waals surface area contributed by atoms with E-state index in [-0.39, 0.29) is 16.9 Å². The third kappa shape index (κ3) is 3.63. The van der Waals surface area contributed by atoms with Gasteiger partial charge in [-0.1, -0.05) is 11.6 Å². The molecule has 0 saturated carbocycles. The van der Waals surface area contributed by atoms with Gasteiger partial charge in [-0.3, -0.25) is 9.59 Å². The van der Waals surface area contributed by atoms with E-state index < -0.39 is 17.7 Å². The van der Waals surface area contributed by atoms with Gasteiger partial charge in [0.25, 0.3) is 11.7 Å². The first-order valence-corrected chi connectivity index (χ1v) is 9.03. The van der Waals surface area contributed by atoms with E-state index in [4.69, 9.17) is 20.8 Å². The summed E-state index contributed by atoms with van der Waals surface area (Å²) in [5.74, 6) is -1.10. The number of likely N-dealkylation sites (N-methyl/N-ethyl adjacent to an activating group) is 1. The molecule has 148 valence electrons. The molecule has 2 aromatic rings. The number of rotatable bonds is 6. The van der Waals surface area contributed by atoms with Crippen LogP contribution in [0.4, 0.5) is 0 Å². The molecule has 0 unspecified atom stereocenters. The molecule has 7 nitrogen and oxygen atoms in total. The van der Waals surface area contributed by atoms with Gasteiger partial charge in [0, 0.05) is 18.1 Å². The van der Waals surface area contributed by atoms with Gasteiger partial charge in [-0.15, -0.1) is 0 Å². The number of hydrogen-bond acceptors (Lipinski definition) is 6. The minimum Gasteiger partial charge on any atom is -0.507 e. The molecule has 1 aromatic carbocycles. The number of carbonyl (C=O) groups excluding carboxylic acids is 2. The Balaban J connectivity index is 2.17. The number of methoxy groups -OCH3 is 1. The maximum Gasteiger partial charge on any atom is 0.295 e. The molecule has 1 saturated heterocycles. The van der Waals surface area contributed by atoms with E-state index in [1.807, 2.05) is 19.0 Å². The Morgan fingerprint density at radius 1 is 1.32 bits per heavy atom. The van der Waals surface area contributed by atoms with E-state index in [0.29, 0.717) is 29.6 Å². The van der Waals surface area contributed by atoms with E-state index in [1.54, 1.807) is 24.3 Å². The second-order valence-electron chi connectivity index (χ2n) is 6.66. The van der Waals surface area contributed by atoms with Crippen LogP contribution < -0.4 is 4.74 Å². The SMILES string of the molecule is COc1ccc(Cl)cc1C(O)=C1C(=O)C(=O)N(CCN(C)C)[C@@H]1c1ccco1. The molecule has 2 heterocycles. The first-order chi connectivity index (χ1) is 13.3. The average Bonchev–Trinajstić information content (AvgIpc) is 3.27. The first kappa shape index (κ1) is 20.0. The Hall–Kier alpha value is -2.77. The number of aliphatic hydroxyl groups excluding tert-OH is 1. The summed E-state index contributed by atoms with van der Waals surface area (Å²) in [4.78, 5) is 28.8. The summed E-state index contributed by atoms with van der Waals surface area (Å²) in [7, 11) is 5.18. The molecule has 1 N–H and O–H groups in total. The number of benzene rings is 1. The summed E-state index contributed by atoms with van der Waals surface area (Å²) in [6.45, 7) is 0.844. The number of furan rings is 1. The molecule has 0 aliphatic carbocycles. The number of carbonyl (C=O) groups is 2. The van der Waals surface area contributed by atoms with Crippen LogP contribution in [0.5, 0.6) is 5.75 Å². The number of amides is 1. The van der Waals surface area contributed by atoms with Crippen molar-refractivity contribution in [2.45, 2.75) is 6.04 Å². The predicted octanol–water partition coefficient (Wildman–Crippen LogP) is 2.92. The van der Waals surface area contributed by atoms with Crippen LogP contribution in [-0.2, 0) is 9.59 Å². The fourth-order valence-electron chi connectivity index (χ4n) is 3.17. The molecule has 1 amide bonds. The molecule has 28 heavy (non-hydrogen) atoms. The van der Waals surface area contributed by atoms with E-state index in [1.165, 1.54) is 24.3 Å². The zero-order valence-electron chi connectivity index (χ0n) is 15.8. The summed E-state index contributed by atoms with van der Waals surface area (Å²) in [5.41, 5.74) is 0.177. The smallest absolute Gasteiger partial charge is 0.295 e.